The Kier molecular flexibility index (Phi) is 7.59. The zero-order valence-corrected chi connectivity index (χ0v) is 17.4. The molecule has 0 aromatic heterocycles. The molecule has 148 valence electrons. The van der Waals surface area contributed by atoms with Crippen molar-refractivity contribution in [1.82, 2.24) is 4.72 Å². The topological polar surface area (TPSA) is 80.3 Å². The minimum Gasteiger partial charge on any atom is -0.228 e. The first-order valence-electron chi connectivity index (χ1n) is 9.01. The van der Waals surface area contributed by atoms with E-state index in [-0.39, 0.29) is 29.4 Å². The van der Waals surface area contributed by atoms with E-state index in [9.17, 15) is 16.8 Å². The minimum absolute atomic E-state index is 0.0299. The number of benzene rings is 2. The van der Waals surface area contributed by atoms with E-state index in [0.29, 0.717) is 5.92 Å². The van der Waals surface area contributed by atoms with Gasteiger partial charge in [-0.15, -0.1) is 0 Å². The number of sulfonamides is 1. The minimum atomic E-state index is -3.63. The fraction of sp³-hybridized carbons (Fsp3) is 0.400. The molecule has 0 amide bonds. The molecular formula is C20H27NO4S2. The highest BCUT2D eigenvalue weighted by Crippen LogP contribution is 2.14. The third-order valence-corrected chi connectivity index (χ3v) is 7.19. The van der Waals surface area contributed by atoms with Crippen LogP contribution in [0.1, 0.15) is 31.4 Å². The van der Waals surface area contributed by atoms with Gasteiger partial charge in [-0.05, 0) is 42.0 Å². The van der Waals surface area contributed by atoms with E-state index >= 15 is 0 Å². The standard InChI is InChI=1S/C20H27NO4S2/c1-17(2)15-18-9-11-20(12-10-18)27(24,25)21-13-6-14-26(22,23)16-19-7-4-3-5-8-19/h3-5,7-12,17,21H,6,13-16H2,1-2H3. The van der Waals surface area contributed by atoms with Crippen LogP contribution in [-0.2, 0) is 32.0 Å². The van der Waals surface area contributed by atoms with Crippen LogP contribution in [0.25, 0.3) is 0 Å². The van der Waals surface area contributed by atoms with Gasteiger partial charge in [0, 0.05) is 6.54 Å². The predicted molar refractivity (Wildman–Crippen MR) is 109 cm³/mol. The van der Waals surface area contributed by atoms with Gasteiger partial charge in [-0.25, -0.2) is 21.6 Å². The Balaban J connectivity index is 1.84. The third kappa shape index (κ3) is 7.44. The molecule has 2 aromatic rings. The van der Waals surface area contributed by atoms with Crippen LogP contribution < -0.4 is 4.72 Å². The van der Waals surface area contributed by atoms with E-state index in [1.54, 1.807) is 36.4 Å². The van der Waals surface area contributed by atoms with Gasteiger partial charge in [0.25, 0.3) is 0 Å². The number of sulfone groups is 1. The summed E-state index contributed by atoms with van der Waals surface area (Å²) < 4.78 is 51.4. The zero-order chi connectivity index (χ0) is 19.9. The maximum atomic E-state index is 12.3. The number of hydrogen-bond donors (Lipinski definition) is 1. The molecule has 7 heteroatoms. The van der Waals surface area contributed by atoms with Gasteiger partial charge in [0.1, 0.15) is 0 Å². The molecule has 0 heterocycles. The molecule has 1 N–H and O–H groups in total. The molecule has 0 radical (unpaired) electrons. The van der Waals surface area contributed by atoms with E-state index < -0.39 is 19.9 Å². The van der Waals surface area contributed by atoms with Crippen molar-refractivity contribution in [3.8, 4) is 0 Å². The van der Waals surface area contributed by atoms with E-state index in [1.165, 1.54) is 0 Å². The average molecular weight is 410 g/mol. The van der Waals surface area contributed by atoms with Crippen LogP contribution in [0.5, 0.6) is 0 Å². The molecule has 0 bridgehead atoms. The molecule has 0 unspecified atom stereocenters. The van der Waals surface area contributed by atoms with E-state index in [4.69, 9.17) is 0 Å². The second-order valence-electron chi connectivity index (χ2n) is 7.07. The van der Waals surface area contributed by atoms with Crippen molar-refractivity contribution in [3.05, 3.63) is 65.7 Å². The highest BCUT2D eigenvalue weighted by atomic mass is 32.2. The molecule has 0 aliphatic heterocycles. The van der Waals surface area contributed by atoms with E-state index in [2.05, 4.69) is 18.6 Å². The lowest BCUT2D eigenvalue weighted by Gasteiger charge is -2.09. The first-order valence-corrected chi connectivity index (χ1v) is 12.3. The first-order chi connectivity index (χ1) is 12.7. The summed E-state index contributed by atoms with van der Waals surface area (Å²) in [6, 6.07) is 15.8. The van der Waals surface area contributed by atoms with Gasteiger partial charge in [0.2, 0.25) is 10.0 Å². The van der Waals surface area contributed by atoms with Crippen molar-refractivity contribution in [3.63, 3.8) is 0 Å². The van der Waals surface area contributed by atoms with Gasteiger partial charge in [-0.3, -0.25) is 0 Å². The molecule has 5 nitrogen and oxygen atoms in total. The van der Waals surface area contributed by atoms with Crippen LogP contribution in [0.15, 0.2) is 59.5 Å². The smallest absolute Gasteiger partial charge is 0.228 e. The van der Waals surface area contributed by atoms with Crippen LogP contribution >= 0.6 is 0 Å². The molecule has 0 spiro atoms. The molecular weight excluding hydrogens is 382 g/mol. The van der Waals surface area contributed by atoms with Crippen molar-refractivity contribution in [2.45, 2.75) is 37.3 Å². The lowest BCUT2D eigenvalue weighted by molar-refractivity contribution is 0.576. The van der Waals surface area contributed by atoms with Gasteiger partial charge >= 0.3 is 0 Å². The molecule has 2 rings (SSSR count). The van der Waals surface area contributed by atoms with Crippen LogP contribution in [0.4, 0.5) is 0 Å². The van der Waals surface area contributed by atoms with Crippen LogP contribution in [0.2, 0.25) is 0 Å². The average Bonchev–Trinajstić information content (AvgIpc) is 2.59. The molecule has 0 saturated carbocycles. The van der Waals surface area contributed by atoms with Gasteiger partial charge < -0.3 is 0 Å². The van der Waals surface area contributed by atoms with Crippen LogP contribution in [0.3, 0.4) is 0 Å². The molecule has 0 fully saturated rings. The Bertz CT molecular complexity index is 920. The van der Waals surface area contributed by atoms with Crippen LogP contribution in [-0.4, -0.2) is 29.1 Å². The summed E-state index contributed by atoms with van der Waals surface area (Å²) in [6.07, 6.45) is 1.13. The summed E-state index contributed by atoms with van der Waals surface area (Å²) in [5, 5.41) is 0. The van der Waals surface area contributed by atoms with Gasteiger partial charge in [0.05, 0.1) is 16.4 Å². The summed E-state index contributed by atoms with van der Waals surface area (Å²) in [7, 11) is -6.90. The molecule has 0 saturated heterocycles. The Hall–Kier alpha value is -1.70. The van der Waals surface area contributed by atoms with Crippen molar-refractivity contribution < 1.29 is 16.8 Å². The van der Waals surface area contributed by atoms with Crippen molar-refractivity contribution in [1.29, 1.82) is 0 Å². The number of hydrogen-bond acceptors (Lipinski definition) is 4. The summed E-state index contributed by atoms with van der Waals surface area (Å²) in [5.41, 5.74) is 1.83. The molecule has 0 atom stereocenters. The zero-order valence-electron chi connectivity index (χ0n) is 15.8. The SMILES string of the molecule is CC(C)Cc1ccc(S(=O)(=O)NCCCS(=O)(=O)Cc2ccccc2)cc1. The van der Waals surface area contributed by atoms with Crippen molar-refractivity contribution >= 4 is 19.9 Å². The summed E-state index contributed by atoms with van der Waals surface area (Å²) >= 11 is 0. The van der Waals surface area contributed by atoms with Gasteiger partial charge in [0.15, 0.2) is 9.84 Å². The van der Waals surface area contributed by atoms with Gasteiger partial charge in [-0.2, -0.15) is 0 Å². The lowest BCUT2D eigenvalue weighted by atomic mass is 10.0. The highest BCUT2D eigenvalue weighted by Gasteiger charge is 2.15. The second-order valence-corrected chi connectivity index (χ2v) is 11.0. The third-order valence-electron chi connectivity index (χ3n) is 4.03. The lowest BCUT2D eigenvalue weighted by Crippen LogP contribution is -2.26. The Labute approximate surface area is 162 Å². The quantitative estimate of drug-likeness (QED) is 0.611. The Morgan fingerprint density at radius 1 is 0.852 bits per heavy atom. The fourth-order valence-electron chi connectivity index (χ4n) is 2.76. The molecule has 27 heavy (non-hydrogen) atoms. The van der Waals surface area contributed by atoms with E-state index in [0.717, 1.165) is 17.5 Å². The summed E-state index contributed by atoms with van der Waals surface area (Å²) in [6.45, 7) is 4.31. The maximum Gasteiger partial charge on any atom is 0.240 e. The maximum absolute atomic E-state index is 12.3. The largest absolute Gasteiger partial charge is 0.240 e. The number of rotatable bonds is 10. The fourth-order valence-corrected chi connectivity index (χ4v) is 5.26. The normalized spacial score (nSPS) is 12.4. The monoisotopic (exact) mass is 409 g/mol. The van der Waals surface area contributed by atoms with Crippen molar-refractivity contribution in [2.75, 3.05) is 12.3 Å². The predicted octanol–water partition coefficient (Wildman–Crippen LogP) is 3.17. The van der Waals surface area contributed by atoms with Gasteiger partial charge in [-0.1, -0.05) is 56.3 Å². The highest BCUT2D eigenvalue weighted by molar-refractivity contribution is 7.90. The molecule has 0 aliphatic rings. The second kappa shape index (κ2) is 9.48. The van der Waals surface area contributed by atoms with E-state index in [1.807, 2.05) is 18.2 Å². The summed E-state index contributed by atoms with van der Waals surface area (Å²) in [4.78, 5) is 0.196. The first kappa shape index (κ1) is 21.6. The van der Waals surface area contributed by atoms with Crippen molar-refractivity contribution in [2.24, 2.45) is 5.92 Å². The van der Waals surface area contributed by atoms with Crippen LogP contribution in [0, 0.1) is 5.92 Å². The molecule has 0 aliphatic carbocycles. The number of nitrogens with one attached hydrogen (secondary N) is 1. The Morgan fingerprint density at radius 2 is 1.48 bits per heavy atom. The Morgan fingerprint density at radius 3 is 2.07 bits per heavy atom. The summed E-state index contributed by atoms with van der Waals surface area (Å²) in [5.74, 6) is 0.416. The molecule has 2 aromatic carbocycles.